The van der Waals surface area contributed by atoms with Gasteiger partial charge in [-0.25, -0.2) is 4.39 Å². The molecular formula is C16H17ClFN. The summed E-state index contributed by atoms with van der Waals surface area (Å²) in [6.07, 6.45) is 1.09. The molecule has 0 aliphatic carbocycles. The fourth-order valence-corrected chi connectivity index (χ4v) is 2.42. The molecule has 0 bridgehead atoms. The van der Waals surface area contributed by atoms with Crippen LogP contribution < -0.4 is 5.73 Å². The predicted octanol–water partition coefficient (Wildman–Crippen LogP) is 3.98. The average molecular weight is 278 g/mol. The van der Waals surface area contributed by atoms with Gasteiger partial charge in [0.2, 0.25) is 0 Å². The lowest BCUT2D eigenvalue weighted by molar-refractivity contribution is 0.451. The van der Waals surface area contributed by atoms with Gasteiger partial charge in [-0.05, 0) is 43.0 Å². The molecule has 0 saturated heterocycles. The third-order valence-corrected chi connectivity index (χ3v) is 3.47. The first-order valence-corrected chi connectivity index (χ1v) is 6.61. The molecule has 0 aliphatic heterocycles. The normalized spacial score (nSPS) is 14.1. The largest absolute Gasteiger partial charge is 0.325 e. The van der Waals surface area contributed by atoms with Crippen LogP contribution in [0.3, 0.4) is 0 Å². The van der Waals surface area contributed by atoms with Crippen molar-refractivity contribution in [2.75, 3.05) is 0 Å². The Morgan fingerprint density at radius 2 is 1.53 bits per heavy atom. The van der Waals surface area contributed by atoms with Gasteiger partial charge in [0.15, 0.2) is 0 Å². The van der Waals surface area contributed by atoms with Gasteiger partial charge in [-0.15, -0.1) is 0 Å². The van der Waals surface area contributed by atoms with E-state index in [1.807, 2.05) is 37.3 Å². The Hall–Kier alpha value is -1.38. The van der Waals surface area contributed by atoms with Crippen LogP contribution in [0, 0.1) is 5.82 Å². The van der Waals surface area contributed by atoms with Crippen molar-refractivity contribution in [3.63, 3.8) is 0 Å². The third-order valence-electron chi connectivity index (χ3n) is 3.10. The first kappa shape index (κ1) is 14.0. The molecule has 2 rings (SSSR count). The van der Waals surface area contributed by atoms with Gasteiger partial charge in [-0.2, -0.15) is 0 Å². The SMILES string of the molecule is CC(N)(Cc1ccccc1F)Cc1ccccc1Cl. The van der Waals surface area contributed by atoms with Crippen LogP contribution in [0.15, 0.2) is 48.5 Å². The van der Waals surface area contributed by atoms with E-state index in [0.717, 1.165) is 5.56 Å². The van der Waals surface area contributed by atoms with E-state index in [2.05, 4.69) is 0 Å². The zero-order valence-electron chi connectivity index (χ0n) is 10.9. The topological polar surface area (TPSA) is 26.0 Å². The second-order valence-corrected chi connectivity index (χ2v) is 5.60. The van der Waals surface area contributed by atoms with Crippen molar-refractivity contribution in [2.45, 2.75) is 25.3 Å². The molecule has 1 nitrogen and oxygen atoms in total. The monoisotopic (exact) mass is 277 g/mol. The summed E-state index contributed by atoms with van der Waals surface area (Å²) in [6, 6.07) is 14.3. The molecule has 0 amide bonds. The van der Waals surface area contributed by atoms with Crippen molar-refractivity contribution in [1.29, 1.82) is 0 Å². The maximum absolute atomic E-state index is 13.7. The van der Waals surface area contributed by atoms with Gasteiger partial charge < -0.3 is 5.73 Å². The maximum atomic E-state index is 13.7. The predicted molar refractivity (Wildman–Crippen MR) is 77.9 cm³/mol. The first-order valence-electron chi connectivity index (χ1n) is 6.24. The van der Waals surface area contributed by atoms with Crippen molar-refractivity contribution < 1.29 is 4.39 Å². The van der Waals surface area contributed by atoms with Crippen LogP contribution in [0.1, 0.15) is 18.1 Å². The minimum atomic E-state index is -0.535. The minimum Gasteiger partial charge on any atom is -0.325 e. The highest BCUT2D eigenvalue weighted by Crippen LogP contribution is 2.23. The van der Waals surface area contributed by atoms with Crippen LogP contribution in [0.2, 0.25) is 5.02 Å². The maximum Gasteiger partial charge on any atom is 0.126 e. The summed E-state index contributed by atoms with van der Waals surface area (Å²) < 4.78 is 13.7. The van der Waals surface area contributed by atoms with Gasteiger partial charge in [0, 0.05) is 10.6 Å². The van der Waals surface area contributed by atoms with E-state index >= 15 is 0 Å². The Morgan fingerprint density at radius 1 is 1.00 bits per heavy atom. The molecule has 0 fully saturated rings. The molecule has 2 N–H and O–H groups in total. The molecule has 0 aromatic heterocycles. The highest BCUT2D eigenvalue weighted by Gasteiger charge is 2.22. The number of hydrogen-bond acceptors (Lipinski definition) is 1. The second kappa shape index (κ2) is 5.72. The van der Waals surface area contributed by atoms with Gasteiger partial charge in [-0.3, -0.25) is 0 Å². The lowest BCUT2D eigenvalue weighted by Gasteiger charge is -2.25. The van der Waals surface area contributed by atoms with Gasteiger partial charge in [0.05, 0.1) is 0 Å². The van der Waals surface area contributed by atoms with E-state index in [0.29, 0.717) is 23.4 Å². The van der Waals surface area contributed by atoms with Crippen molar-refractivity contribution in [3.8, 4) is 0 Å². The molecular weight excluding hydrogens is 261 g/mol. The summed E-state index contributed by atoms with van der Waals surface area (Å²) in [4.78, 5) is 0. The first-order chi connectivity index (χ1) is 8.98. The number of hydrogen-bond donors (Lipinski definition) is 1. The summed E-state index contributed by atoms with van der Waals surface area (Å²) in [7, 11) is 0. The Morgan fingerprint density at radius 3 is 2.16 bits per heavy atom. The summed E-state index contributed by atoms with van der Waals surface area (Å²) in [5, 5.41) is 0.702. The summed E-state index contributed by atoms with van der Waals surface area (Å²) >= 11 is 6.13. The summed E-state index contributed by atoms with van der Waals surface area (Å²) in [5.41, 5.74) is 7.39. The zero-order chi connectivity index (χ0) is 13.9. The average Bonchev–Trinajstić information content (AvgIpc) is 2.35. The van der Waals surface area contributed by atoms with E-state index in [1.165, 1.54) is 6.07 Å². The Balaban J connectivity index is 2.15. The summed E-state index contributed by atoms with van der Waals surface area (Å²) in [5.74, 6) is -0.210. The molecule has 2 aromatic carbocycles. The van der Waals surface area contributed by atoms with Crippen LogP contribution in [0.25, 0.3) is 0 Å². The molecule has 1 unspecified atom stereocenters. The van der Waals surface area contributed by atoms with E-state index in [9.17, 15) is 4.39 Å². The van der Waals surface area contributed by atoms with Crippen LogP contribution in [-0.2, 0) is 12.8 Å². The Bertz CT molecular complexity index is 517. The molecule has 2 aromatic rings. The van der Waals surface area contributed by atoms with Gasteiger partial charge in [0.25, 0.3) is 0 Å². The van der Waals surface area contributed by atoms with E-state index in [-0.39, 0.29) is 5.82 Å². The molecule has 0 heterocycles. The lowest BCUT2D eigenvalue weighted by atomic mass is 9.87. The highest BCUT2D eigenvalue weighted by molar-refractivity contribution is 6.31. The van der Waals surface area contributed by atoms with Crippen LogP contribution in [-0.4, -0.2) is 5.54 Å². The molecule has 0 aliphatic rings. The fourth-order valence-electron chi connectivity index (χ4n) is 2.22. The quantitative estimate of drug-likeness (QED) is 0.899. The number of halogens is 2. The minimum absolute atomic E-state index is 0.210. The Labute approximate surface area is 118 Å². The van der Waals surface area contributed by atoms with Crippen molar-refractivity contribution in [2.24, 2.45) is 5.73 Å². The lowest BCUT2D eigenvalue weighted by Crippen LogP contribution is -2.41. The van der Waals surface area contributed by atoms with Crippen LogP contribution in [0.5, 0.6) is 0 Å². The number of rotatable bonds is 4. The highest BCUT2D eigenvalue weighted by atomic mass is 35.5. The fraction of sp³-hybridized carbons (Fsp3) is 0.250. The standard InChI is InChI=1S/C16H17ClFN/c1-16(19,10-12-6-2-4-8-14(12)17)11-13-7-3-5-9-15(13)18/h2-9H,10-11,19H2,1H3. The summed E-state index contributed by atoms with van der Waals surface area (Å²) in [6.45, 7) is 1.92. The van der Waals surface area contributed by atoms with Crippen molar-refractivity contribution >= 4 is 11.6 Å². The van der Waals surface area contributed by atoms with Crippen molar-refractivity contribution in [3.05, 3.63) is 70.5 Å². The van der Waals surface area contributed by atoms with Crippen LogP contribution >= 0.6 is 11.6 Å². The number of benzene rings is 2. The molecule has 19 heavy (non-hydrogen) atoms. The van der Waals surface area contributed by atoms with E-state index in [1.54, 1.807) is 12.1 Å². The molecule has 0 saturated carbocycles. The molecule has 0 spiro atoms. The van der Waals surface area contributed by atoms with Gasteiger partial charge >= 0.3 is 0 Å². The molecule has 100 valence electrons. The van der Waals surface area contributed by atoms with Gasteiger partial charge in [0.1, 0.15) is 5.82 Å². The number of nitrogens with two attached hydrogens (primary N) is 1. The van der Waals surface area contributed by atoms with Gasteiger partial charge in [-0.1, -0.05) is 48.0 Å². The molecule has 0 radical (unpaired) electrons. The zero-order valence-corrected chi connectivity index (χ0v) is 11.6. The smallest absolute Gasteiger partial charge is 0.126 e. The molecule has 1 atom stereocenters. The van der Waals surface area contributed by atoms with E-state index in [4.69, 9.17) is 17.3 Å². The van der Waals surface area contributed by atoms with Crippen LogP contribution in [0.4, 0.5) is 4.39 Å². The Kier molecular flexibility index (Phi) is 4.23. The van der Waals surface area contributed by atoms with E-state index < -0.39 is 5.54 Å². The second-order valence-electron chi connectivity index (χ2n) is 5.19. The van der Waals surface area contributed by atoms with Crippen molar-refractivity contribution in [1.82, 2.24) is 0 Å². The third kappa shape index (κ3) is 3.79. The molecule has 3 heteroatoms.